The van der Waals surface area contributed by atoms with Crippen LogP contribution in [0.5, 0.6) is 0 Å². The Morgan fingerprint density at radius 3 is 2.85 bits per heavy atom. The van der Waals surface area contributed by atoms with Gasteiger partial charge in [0.2, 0.25) is 11.8 Å². The molecule has 2 unspecified atom stereocenters. The van der Waals surface area contributed by atoms with Gasteiger partial charge in [-0.05, 0) is 37.3 Å². The minimum absolute atomic E-state index is 0.122. The average Bonchev–Trinajstić information content (AvgIpc) is 2.44. The smallest absolute Gasteiger partial charge is 0.242 e. The average molecular weight is 274 g/mol. The van der Waals surface area contributed by atoms with Gasteiger partial charge in [-0.1, -0.05) is 24.3 Å². The molecular formula is C16H22N2O2. The molecule has 108 valence electrons. The van der Waals surface area contributed by atoms with Gasteiger partial charge in [-0.25, -0.2) is 0 Å². The highest BCUT2D eigenvalue weighted by atomic mass is 16.2. The van der Waals surface area contributed by atoms with Gasteiger partial charge in [0.15, 0.2) is 0 Å². The van der Waals surface area contributed by atoms with Gasteiger partial charge in [-0.15, -0.1) is 0 Å². The molecule has 1 aliphatic rings. The van der Waals surface area contributed by atoms with Gasteiger partial charge in [0.25, 0.3) is 0 Å². The Morgan fingerprint density at radius 1 is 1.35 bits per heavy atom. The van der Waals surface area contributed by atoms with Crippen molar-refractivity contribution in [2.24, 2.45) is 0 Å². The molecule has 2 N–H and O–H groups in total. The summed E-state index contributed by atoms with van der Waals surface area (Å²) in [6.45, 7) is 3.76. The number of benzene rings is 1. The van der Waals surface area contributed by atoms with E-state index in [0.29, 0.717) is 12.5 Å². The first-order valence-corrected chi connectivity index (χ1v) is 7.20. The van der Waals surface area contributed by atoms with E-state index in [2.05, 4.69) is 34.9 Å². The van der Waals surface area contributed by atoms with Crippen molar-refractivity contribution >= 4 is 11.8 Å². The van der Waals surface area contributed by atoms with Crippen LogP contribution >= 0.6 is 0 Å². The molecule has 0 bridgehead atoms. The molecule has 0 spiro atoms. The van der Waals surface area contributed by atoms with Gasteiger partial charge in [-0.3, -0.25) is 9.59 Å². The Labute approximate surface area is 119 Å². The summed E-state index contributed by atoms with van der Waals surface area (Å²) in [6.07, 6.45) is 3.40. The molecule has 0 fully saturated rings. The fraction of sp³-hybridized carbons (Fsp3) is 0.500. The number of amides is 2. The van der Waals surface area contributed by atoms with Gasteiger partial charge in [0.1, 0.15) is 6.04 Å². The summed E-state index contributed by atoms with van der Waals surface area (Å²) < 4.78 is 0. The summed E-state index contributed by atoms with van der Waals surface area (Å²) in [4.78, 5) is 22.8. The van der Waals surface area contributed by atoms with Crippen LogP contribution in [-0.2, 0) is 16.0 Å². The summed E-state index contributed by atoms with van der Waals surface area (Å²) in [7, 11) is 0. The Bertz CT molecular complexity index is 499. The maximum atomic E-state index is 11.9. The van der Waals surface area contributed by atoms with Gasteiger partial charge in [0, 0.05) is 19.4 Å². The fourth-order valence-electron chi connectivity index (χ4n) is 2.81. The number of carbonyl (C=O) groups excluding carboxylic acids is 2. The maximum absolute atomic E-state index is 11.9. The quantitative estimate of drug-likeness (QED) is 0.878. The highest BCUT2D eigenvalue weighted by Crippen LogP contribution is 2.30. The zero-order valence-electron chi connectivity index (χ0n) is 12.1. The summed E-state index contributed by atoms with van der Waals surface area (Å²) in [5.41, 5.74) is 2.75. The van der Waals surface area contributed by atoms with Gasteiger partial charge >= 0.3 is 0 Å². The number of carbonyl (C=O) groups is 2. The Hall–Kier alpha value is -1.84. The lowest BCUT2D eigenvalue weighted by molar-refractivity contribution is -0.127. The minimum atomic E-state index is -0.480. The van der Waals surface area contributed by atoms with Crippen LogP contribution in [0, 0.1) is 0 Å². The lowest BCUT2D eigenvalue weighted by atomic mass is 9.83. The van der Waals surface area contributed by atoms with E-state index in [9.17, 15) is 9.59 Å². The molecule has 0 radical (unpaired) electrons. The molecule has 1 aromatic rings. The van der Waals surface area contributed by atoms with Crippen molar-refractivity contribution in [3.63, 3.8) is 0 Å². The molecule has 4 nitrogen and oxygen atoms in total. The van der Waals surface area contributed by atoms with Crippen molar-refractivity contribution in [2.45, 2.75) is 45.1 Å². The Kier molecular flexibility index (Phi) is 4.77. The molecule has 2 atom stereocenters. The second kappa shape index (κ2) is 6.55. The Balaban J connectivity index is 1.92. The van der Waals surface area contributed by atoms with Crippen LogP contribution < -0.4 is 10.6 Å². The van der Waals surface area contributed by atoms with Gasteiger partial charge < -0.3 is 10.6 Å². The van der Waals surface area contributed by atoms with E-state index in [0.717, 1.165) is 12.8 Å². The molecule has 0 aliphatic heterocycles. The van der Waals surface area contributed by atoms with Crippen LogP contribution in [0.4, 0.5) is 0 Å². The first-order valence-electron chi connectivity index (χ1n) is 7.20. The summed E-state index contributed by atoms with van der Waals surface area (Å²) in [6, 6.07) is 7.97. The third-order valence-corrected chi connectivity index (χ3v) is 3.83. The molecule has 0 saturated heterocycles. The lowest BCUT2D eigenvalue weighted by Crippen LogP contribution is -2.45. The van der Waals surface area contributed by atoms with Gasteiger partial charge in [0.05, 0.1) is 0 Å². The first kappa shape index (κ1) is 14.6. The summed E-state index contributed by atoms with van der Waals surface area (Å²) in [5, 5.41) is 5.54. The normalized spacial score (nSPS) is 18.8. The van der Waals surface area contributed by atoms with Crippen LogP contribution in [0.15, 0.2) is 24.3 Å². The van der Waals surface area contributed by atoms with E-state index in [-0.39, 0.29) is 11.8 Å². The second-order valence-electron chi connectivity index (χ2n) is 5.46. The minimum Gasteiger partial charge on any atom is -0.354 e. The molecule has 0 aromatic heterocycles. The number of aryl methyl sites for hydroxylation is 1. The fourth-order valence-corrected chi connectivity index (χ4v) is 2.81. The molecule has 1 aromatic carbocycles. The predicted octanol–water partition coefficient (Wildman–Crippen LogP) is 1.75. The monoisotopic (exact) mass is 274 g/mol. The number of hydrogen-bond acceptors (Lipinski definition) is 2. The van der Waals surface area contributed by atoms with E-state index >= 15 is 0 Å². The largest absolute Gasteiger partial charge is 0.354 e. The number of hydrogen-bond donors (Lipinski definition) is 2. The molecule has 2 rings (SSSR count). The molecule has 4 heteroatoms. The third kappa shape index (κ3) is 3.59. The van der Waals surface area contributed by atoms with Crippen molar-refractivity contribution in [3.8, 4) is 0 Å². The van der Waals surface area contributed by atoms with E-state index < -0.39 is 6.04 Å². The molecule has 20 heavy (non-hydrogen) atoms. The second-order valence-corrected chi connectivity index (χ2v) is 5.46. The molecule has 1 aliphatic carbocycles. The van der Waals surface area contributed by atoms with Crippen LogP contribution in [0.2, 0.25) is 0 Å². The summed E-state index contributed by atoms with van der Waals surface area (Å²) >= 11 is 0. The van der Waals surface area contributed by atoms with Crippen molar-refractivity contribution < 1.29 is 9.59 Å². The van der Waals surface area contributed by atoms with Crippen LogP contribution in [-0.4, -0.2) is 24.4 Å². The van der Waals surface area contributed by atoms with Crippen molar-refractivity contribution in [2.75, 3.05) is 6.54 Å². The SMILES string of the molecule is CC(=O)NC(C)C(=O)NCC1CCCc2ccccc21. The highest BCUT2D eigenvalue weighted by molar-refractivity contribution is 5.86. The standard InChI is InChI=1S/C16H22N2O2/c1-11(18-12(2)19)16(20)17-10-14-8-5-7-13-6-3-4-9-15(13)14/h3-4,6,9,11,14H,5,7-8,10H2,1-2H3,(H,17,20)(H,18,19). The maximum Gasteiger partial charge on any atom is 0.242 e. The molecule has 0 heterocycles. The van der Waals surface area contributed by atoms with Crippen LogP contribution in [0.3, 0.4) is 0 Å². The van der Waals surface area contributed by atoms with Crippen LogP contribution in [0.25, 0.3) is 0 Å². The van der Waals surface area contributed by atoms with E-state index in [1.165, 1.54) is 24.5 Å². The number of fused-ring (bicyclic) bond motifs is 1. The van der Waals surface area contributed by atoms with Crippen molar-refractivity contribution in [3.05, 3.63) is 35.4 Å². The lowest BCUT2D eigenvalue weighted by Gasteiger charge is -2.26. The third-order valence-electron chi connectivity index (χ3n) is 3.83. The highest BCUT2D eigenvalue weighted by Gasteiger charge is 2.21. The number of rotatable bonds is 4. The van der Waals surface area contributed by atoms with E-state index in [4.69, 9.17) is 0 Å². The van der Waals surface area contributed by atoms with E-state index in [1.54, 1.807) is 6.92 Å². The first-order chi connectivity index (χ1) is 9.58. The van der Waals surface area contributed by atoms with Crippen molar-refractivity contribution in [1.29, 1.82) is 0 Å². The zero-order valence-corrected chi connectivity index (χ0v) is 12.1. The topological polar surface area (TPSA) is 58.2 Å². The molecule has 0 saturated carbocycles. The predicted molar refractivity (Wildman–Crippen MR) is 78.4 cm³/mol. The van der Waals surface area contributed by atoms with Crippen molar-refractivity contribution in [1.82, 2.24) is 10.6 Å². The summed E-state index contributed by atoms with van der Waals surface area (Å²) in [5.74, 6) is 0.0762. The molecular weight excluding hydrogens is 252 g/mol. The van der Waals surface area contributed by atoms with Gasteiger partial charge in [-0.2, -0.15) is 0 Å². The number of nitrogens with one attached hydrogen (secondary N) is 2. The van der Waals surface area contributed by atoms with E-state index in [1.807, 2.05) is 0 Å². The van der Waals surface area contributed by atoms with Crippen LogP contribution in [0.1, 0.15) is 43.7 Å². The Morgan fingerprint density at radius 2 is 2.10 bits per heavy atom. The zero-order chi connectivity index (χ0) is 14.5. The molecule has 2 amide bonds.